The van der Waals surface area contributed by atoms with Gasteiger partial charge in [0.25, 0.3) is 0 Å². The van der Waals surface area contributed by atoms with Crippen LogP contribution in [-0.4, -0.2) is 11.1 Å². The zero-order valence-corrected chi connectivity index (χ0v) is 9.74. The van der Waals surface area contributed by atoms with Crippen LogP contribution in [0.25, 0.3) is 0 Å². The lowest BCUT2D eigenvalue weighted by Crippen LogP contribution is -2.02. The van der Waals surface area contributed by atoms with Crippen molar-refractivity contribution in [3.63, 3.8) is 0 Å². The lowest BCUT2D eigenvalue weighted by molar-refractivity contribution is 0.0696. The van der Waals surface area contributed by atoms with Gasteiger partial charge in [0.05, 0.1) is 5.56 Å². The summed E-state index contributed by atoms with van der Waals surface area (Å²) < 4.78 is 0. The summed E-state index contributed by atoms with van der Waals surface area (Å²) in [4.78, 5) is 11.0. The molecule has 0 saturated heterocycles. The molecule has 0 spiro atoms. The van der Waals surface area contributed by atoms with E-state index in [0.29, 0.717) is 17.4 Å². The molecule has 0 atom stereocenters. The second kappa shape index (κ2) is 4.47. The van der Waals surface area contributed by atoms with Gasteiger partial charge in [-0.2, -0.15) is 0 Å². The Morgan fingerprint density at radius 2 is 1.40 bits per heavy atom. The molecular formula is C13H18O2. The highest BCUT2D eigenvalue weighted by Gasteiger charge is 2.10. The van der Waals surface area contributed by atoms with Gasteiger partial charge in [0.2, 0.25) is 0 Å². The maximum atomic E-state index is 11.0. The van der Waals surface area contributed by atoms with E-state index in [0.717, 1.165) is 11.1 Å². The molecule has 82 valence electrons. The van der Waals surface area contributed by atoms with Gasteiger partial charge in [-0.3, -0.25) is 0 Å². The summed E-state index contributed by atoms with van der Waals surface area (Å²) in [5, 5.41) is 9.00. The van der Waals surface area contributed by atoms with E-state index in [-0.39, 0.29) is 0 Å². The second-order valence-electron chi connectivity index (χ2n) is 4.50. The molecule has 2 heteroatoms. The predicted octanol–water partition coefficient (Wildman–Crippen LogP) is 3.63. The topological polar surface area (TPSA) is 37.3 Å². The van der Waals surface area contributed by atoms with E-state index in [1.807, 2.05) is 0 Å². The maximum Gasteiger partial charge on any atom is 0.335 e. The monoisotopic (exact) mass is 206 g/mol. The minimum absolute atomic E-state index is 0.363. The molecule has 1 aromatic rings. The molecule has 1 aromatic carbocycles. The molecule has 0 saturated carbocycles. The van der Waals surface area contributed by atoms with Crippen LogP contribution in [0.4, 0.5) is 0 Å². The van der Waals surface area contributed by atoms with Gasteiger partial charge >= 0.3 is 5.97 Å². The van der Waals surface area contributed by atoms with Crippen LogP contribution in [0.5, 0.6) is 0 Å². The van der Waals surface area contributed by atoms with Gasteiger partial charge in [0, 0.05) is 0 Å². The molecule has 1 N–H and O–H groups in total. The third kappa shape index (κ3) is 2.82. The third-order valence-electron chi connectivity index (χ3n) is 2.56. The fourth-order valence-electron chi connectivity index (χ4n) is 1.47. The summed E-state index contributed by atoms with van der Waals surface area (Å²) in [5.41, 5.74) is 2.59. The van der Waals surface area contributed by atoms with Crippen molar-refractivity contribution >= 4 is 5.97 Å². The molecule has 0 aliphatic heterocycles. The third-order valence-corrected chi connectivity index (χ3v) is 2.56. The summed E-state index contributed by atoms with van der Waals surface area (Å²) >= 11 is 0. The molecule has 0 heterocycles. The highest BCUT2D eigenvalue weighted by atomic mass is 16.4. The molecule has 0 fully saturated rings. The number of carboxylic acid groups (broad SMARTS) is 1. The normalized spacial score (nSPS) is 11.1. The summed E-state index contributed by atoms with van der Waals surface area (Å²) in [6.45, 7) is 8.30. The van der Waals surface area contributed by atoms with E-state index in [4.69, 9.17) is 5.11 Å². The Bertz CT molecular complexity index is 339. The van der Waals surface area contributed by atoms with Crippen LogP contribution < -0.4 is 0 Å². The highest BCUT2D eigenvalue weighted by molar-refractivity contribution is 5.88. The van der Waals surface area contributed by atoms with Crippen molar-refractivity contribution in [3.05, 3.63) is 34.9 Å². The molecule has 0 radical (unpaired) electrons. The van der Waals surface area contributed by atoms with Gasteiger partial charge in [-0.1, -0.05) is 33.8 Å². The average molecular weight is 206 g/mol. The lowest BCUT2D eigenvalue weighted by Gasteiger charge is -2.12. The molecule has 2 nitrogen and oxygen atoms in total. The molecule has 1 rings (SSSR count). The minimum Gasteiger partial charge on any atom is -0.478 e. The van der Waals surface area contributed by atoms with Gasteiger partial charge in [-0.05, 0) is 35.1 Å². The van der Waals surface area contributed by atoms with Crippen LogP contribution >= 0.6 is 0 Å². The van der Waals surface area contributed by atoms with Crippen molar-refractivity contribution in [1.29, 1.82) is 0 Å². The summed E-state index contributed by atoms with van der Waals surface area (Å²) in [6.07, 6.45) is 0. The summed E-state index contributed by atoms with van der Waals surface area (Å²) in [5.74, 6) is -0.122. The Morgan fingerprint density at radius 3 is 1.67 bits per heavy atom. The molecule has 0 aliphatic carbocycles. The van der Waals surface area contributed by atoms with Crippen molar-refractivity contribution in [2.24, 2.45) is 0 Å². The van der Waals surface area contributed by atoms with E-state index < -0.39 is 5.97 Å². The van der Waals surface area contributed by atoms with Gasteiger partial charge in [0.15, 0.2) is 0 Å². The SMILES string of the molecule is CC(C)c1cc(C(=O)O)cc(C(C)C)c1. The lowest BCUT2D eigenvalue weighted by atomic mass is 9.93. The first-order valence-corrected chi connectivity index (χ1v) is 5.30. The zero-order valence-electron chi connectivity index (χ0n) is 9.74. The predicted molar refractivity (Wildman–Crippen MR) is 61.6 cm³/mol. The number of rotatable bonds is 3. The Balaban J connectivity index is 3.26. The van der Waals surface area contributed by atoms with E-state index in [1.54, 1.807) is 12.1 Å². The van der Waals surface area contributed by atoms with E-state index >= 15 is 0 Å². The van der Waals surface area contributed by atoms with Crippen LogP contribution in [0.2, 0.25) is 0 Å². The number of hydrogen-bond acceptors (Lipinski definition) is 1. The van der Waals surface area contributed by atoms with Crippen molar-refractivity contribution in [2.45, 2.75) is 39.5 Å². The van der Waals surface area contributed by atoms with Crippen LogP contribution in [0, 0.1) is 0 Å². The first-order valence-electron chi connectivity index (χ1n) is 5.30. The van der Waals surface area contributed by atoms with Gasteiger partial charge in [-0.25, -0.2) is 4.79 Å². The molecule has 0 aromatic heterocycles. The van der Waals surface area contributed by atoms with E-state index in [2.05, 4.69) is 33.8 Å². The van der Waals surface area contributed by atoms with Crippen LogP contribution in [-0.2, 0) is 0 Å². The molecule has 0 unspecified atom stereocenters. The molecule has 0 amide bonds. The number of aromatic carboxylic acids is 1. The van der Waals surface area contributed by atoms with Crippen molar-refractivity contribution in [3.8, 4) is 0 Å². The Kier molecular flexibility index (Phi) is 3.51. The number of hydrogen-bond donors (Lipinski definition) is 1. The second-order valence-corrected chi connectivity index (χ2v) is 4.50. The molecule has 15 heavy (non-hydrogen) atoms. The van der Waals surface area contributed by atoms with Crippen molar-refractivity contribution in [1.82, 2.24) is 0 Å². The van der Waals surface area contributed by atoms with Crippen molar-refractivity contribution in [2.75, 3.05) is 0 Å². The van der Waals surface area contributed by atoms with Crippen LogP contribution in [0.3, 0.4) is 0 Å². The van der Waals surface area contributed by atoms with Crippen LogP contribution in [0.1, 0.15) is 61.0 Å². The first-order chi connectivity index (χ1) is 6.91. The van der Waals surface area contributed by atoms with Crippen molar-refractivity contribution < 1.29 is 9.90 Å². The average Bonchev–Trinajstić information content (AvgIpc) is 2.16. The Morgan fingerprint density at radius 1 is 1.00 bits per heavy atom. The molecular weight excluding hydrogens is 188 g/mol. The summed E-state index contributed by atoms with van der Waals surface area (Å²) in [7, 11) is 0. The Hall–Kier alpha value is -1.31. The maximum absolute atomic E-state index is 11.0. The number of carbonyl (C=O) groups is 1. The fourth-order valence-corrected chi connectivity index (χ4v) is 1.47. The fraction of sp³-hybridized carbons (Fsp3) is 0.462. The quantitative estimate of drug-likeness (QED) is 0.819. The van der Waals surface area contributed by atoms with Crippen LogP contribution in [0.15, 0.2) is 18.2 Å². The Labute approximate surface area is 90.9 Å². The van der Waals surface area contributed by atoms with Gasteiger partial charge < -0.3 is 5.11 Å². The smallest absolute Gasteiger partial charge is 0.335 e. The van der Waals surface area contributed by atoms with Gasteiger partial charge in [0.1, 0.15) is 0 Å². The van der Waals surface area contributed by atoms with E-state index in [1.165, 1.54) is 0 Å². The minimum atomic E-state index is -0.848. The van der Waals surface area contributed by atoms with Gasteiger partial charge in [-0.15, -0.1) is 0 Å². The highest BCUT2D eigenvalue weighted by Crippen LogP contribution is 2.23. The summed E-state index contributed by atoms with van der Waals surface area (Å²) in [6, 6.07) is 5.62. The number of carboxylic acids is 1. The molecule has 0 bridgehead atoms. The first kappa shape index (κ1) is 11.8. The standard InChI is InChI=1S/C13H18O2/c1-8(2)10-5-11(9(3)4)7-12(6-10)13(14)15/h5-9H,1-4H3,(H,14,15). The zero-order chi connectivity index (χ0) is 11.6. The largest absolute Gasteiger partial charge is 0.478 e. The number of benzene rings is 1. The van der Waals surface area contributed by atoms with E-state index in [9.17, 15) is 4.79 Å². The molecule has 0 aliphatic rings.